The molecule has 0 aliphatic rings. The van der Waals surface area contributed by atoms with E-state index in [0.29, 0.717) is 10.6 Å². The van der Waals surface area contributed by atoms with Gasteiger partial charge in [-0.3, -0.25) is 14.4 Å². The van der Waals surface area contributed by atoms with Crippen molar-refractivity contribution in [1.29, 1.82) is 0 Å². The zero-order valence-electron chi connectivity index (χ0n) is 15.7. The van der Waals surface area contributed by atoms with Crippen LogP contribution in [0.5, 0.6) is 0 Å². The van der Waals surface area contributed by atoms with Gasteiger partial charge in [0.1, 0.15) is 0 Å². The molecule has 2 N–H and O–H groups in total. The fourth-order valence-electron chi connectivity index (χ4n) is 2.42. The fourth-order valence-corrected chi connectivity index (χ4v) is 3.10. The number of para-hydroxylation sites is 1. The number of anilines is 1. The average Bonchev–Trinajstić information content (AvgIpc) is 2.68. The lowest BCUT2D eigenvalue weighted by atomic mass is 10.2. The molecule has 3 amide bonds. The molecule has 0 unspecified atom stereocenters. The number of nitrogens with one attached hydrogen (secondary N) is 2. The number of halogens is 1. The maximum atomic E-state index is 12.2. The van der Waals surface area contributed by atoms with Gasteiger partial charge in [-0.25, -0.2) is 0 Å². The molecule has 8 heteroatoms. The smallest absolute Gasteiger partial charge is 0.251 e. The van der Waals surface area contributed by atoms with Crippen LogP contribution in [-0.2, 0) is 9.59 Å². The Bertz CT molecular complexity index is 843. The minimum absolute atomic E-state index is 0.0628. The first kappa shape index (κ1) is 21.8. The van der Waals surface area contributed by atoms with Gasteiger partial charge in [-0.2, -0.15) is 0 Å². The summed E-state index contributed by atoms with van der Waals surface area (Å²) in [5, 5.41) is 6.04. The van der Waals surface area contributed by atoms with Crippen LogP contribution < -0.4 is 10.6 Å². The van der Waals surface area contributed by atoms with Crippen molar-refractivity contribution in [3.05, 3.63) is 59.1 Å². The molecular formula is C20H22ClN3O3S. The minimum Gasteiger partial charge on any atom is -0.352 e. The molecule has 0 aliphatic heterocycles. The predicted octanol–water partition coefficient (Wildman–Crippen LogP) is 3.28. The topological polar surface area (TPSA) is 78.5 Å². The highest BCUT2D eigenvalue weighted by Gasteiger charge is 2.14. The van der Waals surface area contributed by atoms with E-state index < -0.39 is 0 Å². The van der Waals surface area contributed by atoms with Crippen LogP contribution in [0, 0.1) is 0 Å². The number of carbonyl (C=O) groups excluding carboxylic acids is 3. The van der Waals surface area contributed by atoms with E-state index >= 15 is 0 Å². The van der Waals surface area contributed by atoms with E-state index in [1.54, 1.807) is 31.3 Å². The van der Waals surface area contributed by atoms with Crippen molar-refractivity contribution >= 4 is 46.8 Å². The van der Waals surface area contributed by atoms with Crippen molar-refractivity contribution in [3.63, 3.8) is 0 Å². The first-order valence-corrected chi connectivity index (χ1v) is 10.2. The molecule has 2 rings (SSSR count). The molecule has 0 saturated carbocycles. The number of thioether (sulfide) groups is 1. The fraction of sp³-hybridized carbons (Fsp3) is 0.250. The summed E-state index contributed by atoms with van der Waals surface area (Å²) >= 11 is 7.32. The van der Waals surface area contributed by atoms with Gasteiger partial charge in [0.05, 0.1) is 12.2 Å². The normalized spacial score (nSPS) is 10.2. The van der Waals surface area contributed by atoms with Crippen molar-refractivity contribution in [1.82, 2.24) is 10.2 Å². The third kappa shape index (κ3) is 6.58. The number of nitrogens with zero attached hydrogens (tertiary/aromatic N) is 1. The Labute approximate surface area is 173 Å². The molecule has 2 aromatic rings. The predicted molar refractivity (Wildman–Crippen MR) is 113 cm³/mol. The van der Waals surface area contributed by atoms with Gasteiger partial charge in [-0.15, -0.1) is 11.8 Å². The van der Waals surface area contributed by atoms with Crippen LogP contribution in [0.25, 0.3) is 0 Å². The van der Waals surface area contributed by atoms with Crippen molar-refractivity contribution in [2.75, 3.05) is 31.7 Å². The molecule has 6 nitrogen and oxygen atoms in total. The summed E-state index contributed by atoms with van der Waals surface area (Å²) in [5.41, 5.74) is 1.19. The van der Waals surface area contributed by atoms with E-state index in [0.717, 1.165) is 10.6 Å². The summed E-state index contributed by atoms with van der Waals surface area (Å²) in [4.78, 5) is 38.7. The molecule has 148 valence electrons. The van der Waals surface area contributed by atoms with Crippen LogP contribution >= 0.6 is 23.4 Å². The first-order chi connectivity index (χ1) is 13.4. The third-order valence-corrected chi connectivity index (χ3v) is 4.97. The number of hydrogen-bond acceptors (Lipinski definition) is 4. The number of hydrogen-bond donors (Lipinski definition) is 2. The van der Waals surface area contributed by atoms with E-state index in [-0.39, 0.29) is 37.2 Å². The Kier molecular flexibility index (Phi) is 8.35. The molecule has 0 fully saturated rings. The lowest BCUT2D eigenvalue weighted by Gasteiger charge is -2.17. The highest BCUT2D eigenvalue weighted by molar-refractivity contribution is 7.98. The van der Waals surface area contributed by atoms with Crippen LogP contribution in [0.4, 0.5) is 5.69 Å². The summed E-state index contributed by atoms with van der Waals surface area (Å²) in [7, 11) is 1.56. The second-order valence-corrected chi connectivity index (χ2v) is 7.30. The molecule has 0 heterocycles. The van der Waals surface area contributed by atoms with Crippen LogP contribution in [0.15, 0.2) is 53.4 Å². The molecule has 0 bridgehead atoms. The number of likely N-dealkylation sites (N-methyl/N-ethyl adjacent to an activating group) is 1. The highest BCUT2D eigenvalue weighted by Crippen LogP contribution is 2.24. The van der Waals surface area contributed by atoms with Crippen molar-refractivity contribution in [2.24, 2.45) is 0 Å². The lowest BCUT2D eigenvalue weighted by molar-refractivity contribution is -0.133. The van der Waals surface area contributed by atoms with E-state index in [1.807, 2.05) is 30.5 Å². The zero-order chi connectivity index (χ0) is 20.5. The minimum atomic E-state index is -0.279. The van der Waals surface area contributed by atoms with Crippen LogP contribution in [-0.4, -0.2) is 49.0 Å². The van der Waals surface area contributed by atoms with E-state index in [9.17, 15) is 14.4 Å². The second-order valence-electron chi connectivity index (χ2n) is 6.01. The standard InChI is InChI=1S/C20H22ClN3O3S/c1-24(13-18(25)23-16-5-3-4-6-17(16)28-2)19(26)11-12-22-20(27)14-7-9-15(21)10-8-14/h3-10H,11-13H2,1-2H3,(H,22,27)(H,23,25). The van der Waals surface area contributed by atoms with E-state index in [1.165, 1.54) is 16.7 Å². The van der Waals surface area contributed by atoms with Crippen LogP contribution in [0.2, 0.25) is 5.02 Å². The number of carbonyl (C=O) groups is 3. The number of amides is 3. The van der Waals surface area contributed by atoms with Gasteiger partial charge in [0.15, 0.2) is 0 Å². The Morgan fingerprint density at radius 2 is 1.75 bits per heavy atom. The van der Waals surface area contributed by atoms with E-state index in [4.69, 9.17) is 11.6 Å². The molecular weight excluding hydrogens is 398 g/mol. The maximum Gasteiger partial charge on any atom is 0.251 e. The van der Waals surface area contributed by atoms with Crippen molar-refractivity contribution in [3.8, 4) is 0 Å². The summed E-state index contributed by atoms with van der Waals surface area (Å²) in [6.07, 6.45) is 2.03. The molecule has 0 atom stereocenters. The van der Waals surface area contributed by atoms with Crippen molar-refractivity contribution < 1.29 is 14.4 Å². The van der Waals surface area contributed by atoms with Gasteiger partial charge < -0.3 is 15.5 Å². The second kappa shape index (κ2) is 10.7. The molecule has 0 aromatic heterocycles. The van der Waals surface area contributed by atoms with Gasteiger partial charge in [0.25, 0.3) is 5.91 Å². The first-order valence-electron chi connectivity index (χ1n) is 8.61. The summed E-state index contributed by atoms with van der Waals surface area (Å²) < 4.78 is 0. The Morgan fingerprint density at radius 3 is 2.43 bits per heavy atom. The maximum absolute atomic E-state index is 12.2. The molecule has 0 radical (unpaired) electrons. The van der Waals surface area contributed by atoms with Gasteiger partial charge in [-0.05, 0) is 42.7 Å². The largest absolute Gasteiger partial charge is 0.352 e. The molecule has 2 aromatic carbocycles. The van der Waals surface area contributed by atoms with Gasteiger partial charge in [0, 0.05) is 35.5 Å². The molecule has 0 spiro atoms. The number of benzene rings is 2. The summed E-state index contributed by atoms with van der Waals surface area (Å²) in [6, 6.07) is 14.0. The van der Waals surface area contributed by atoms with Crippen molar-refractivity contribution in [2.45, 2.75) is 11.3 Å². The van der Waals surface area contributed by atoms with Gasteiger partial charge >= 0.3 is 0 Å². The molecule has 0 aliphatic carbocycles. The summed E-state index contributed by atoms with van der Waals surface area (Å²) in [6.45, 7) is 0.119. The Balaban J connectivity index is 1.76. The number of rotatable bonds is 8. The summed E-state index contributed by atoms with van der Waals surface area (Å²) in [5.74, 6) is -0.786. The van der Waals surface area contributed by atoms with E-state index in [2.05, 4.69) is 10.6 Å². The highest BCUT2D eigenvalue weighted by atomic mass is 35.5. The van der Waals surface area contributed by atoms with Gasteiger partial charge in [-0.1, -0.05) is 23.7 Å². The van der Waals surface area contributed by atoms with Crippen LogP contribution in [0.3, 0.4) is 0 Å². The average molecular weight is 420 g/mol. The monoisotopic (exact) mass is 419 g/mol. The molecule has 28 heavy (non-hydrogen) atoms. The Morgan fingerprint density at radius 1 is 1.07 bits per heavy atom. The zero-order valence-corrected chi connectivity index (χ0v) is 17.3. The molecule has 0 saturated heterocycles. The SMILES string of the molecule is CSc1ccccc1NC(=O)CN(C)C(=O)CCNC(=O)c1ccc(Cl)cc1. The quantitative estimate of drug-likeness (QED) is 0.643. The third-order valence-electron chi connectivity index (χ3n) is 3.92. The Hall–Kier alpha value is -2.51. The van der Waals surface area contributed by atoms with Crippen LogP contribution in [0.1, 0.15) is 16.8 Å². The lowest BCUT2D eigenvalue weighted by Crippen LogP contribution is -2.37. The van der Waals surface area contributed by atoms with Gasteiger partial charge in [0.2, 0.25) is 11.8 Å².